The van der Waals surface area contributed by atoms with Crippen LogP contribution in [0.4, 0.5) is 11.4 Å². The lowest BCUT2D eigenvalue weighted by atomic mass is 10.3. The number of anilines is 2. The normalized spacial score (nSPS) is 9.94. The Morgan fingerprint density at radius 3 is 2.76 bits per heavy atom. The number of rotatable bonds is 5. The van der Waals surface area contributed by atoms with Crippen molar-refractivity contribution < 1.29 is 14.7 Å². The molecule has 0 aliphatic rings. The number of amides is 1. The van der Waals surface area contributed by atoms with Gasteiger partial charge in [0.15, 0.2) is 0 Å². The van der Waals surface area contributed by atoms with Gasteiger partial charge in [0, 0.05) is 28.9 Å². The Kier molecular flexibility index (Phi) is 4.84. The fraction of sp³-hybridized carbons (Fsp3) is 0.273. The number of nitrogen functional groups attached to an aromatic ring is 1. The van der Waals surface area contributed by atoms with Gasteiger partial charge in [-0.2, -0.15) is 0 Å². The molecule has 4 N–H and O–H groups in total. The number of thioether (sulfide) groups is 1. The second-order valence-corrected chi connectivity index (χ2v) is 4.56. The van der Waals surface area contributed by atoms with E-state index >= 15 is 0 Å². The Morgan fingerprint density at radius 2 is 2.18 bits per heavy atom. The summed E-state index contributed by atoms with van der Waals surface area (Å²) in [6.45, 7) is 1.42. The number of nitrogens with two attached hydrogens (primary N) is 1. The number of aliphatic carboxylic acids is 1. The Balaban J connectivity index is 2.69. The minimum atomic E-state index is -0.839. The third kappa shape index (κ3) is 4.78. The smallest absolute Gasteiger partial charge is 0.304 e. The number of carbonyl (C=O) groups excluding carboxylic acids is 1. The molecule has 0 saturated heterocycles. The molecule has 0 heterocycles. The van der Waals surface area contributed by atoms with Crippen LogP contribution in [0.1, 0.15) is 13.3 Å². The average Bonchev–Trinajstić information content (AvgIpc) is 2.21. The highest BCUT2D eigenvalue weighted by Gasteiger charge is 2.04. The largest absolute Gasteiger partial charge is 0.481 e. The molecule has 1 aromatic carbocycles. The molecule has 0 fully saturated rings. The molecule has 0 saturated carbocycles. The SMILES string of the molecule is CC(=O)Nc1ccc(N)c(SCCC(=O)O)c1. The molecule has 1 rings (SSSR count). The molecule has 0 bridgehead atoms. The van der Waals surface area contributed by atoms with Crippen LogP contribution in [0.25, 0.3) is 0 Å². The summed E-state index contributed by atoms with van der Waals surface area (Å²) in [4.78, 5) is 22.0. The molecule has 17 heavy (non-hydrogen) atoms. The Hall–Kier alpha value is -1.69. The second kappa shape index (κ2) is 6.15. The number of nitrogens with one attached hydrogen (secondary N) is 1. The number of carboxylic acids is 1. The summed E-state index contributed by atoms with van der Waals surface area (Å²) in [5.41, 5.74) is 6.99. The highest BCUT2D eigenvalue weighted by atomic mass is 32.2. The highest BCUT2D eigenvalue weighted by molar-refractivity contribution is 7.99. The van der Waals surface area contributed by atoms with Crippen LogP contribution in [-0.2, 0) is 9.59 Å². The van der Waals surface area contributed by atoms with E-state index in [9.17, 15) is 9.59 Å². The lowest BCUT2D eigenvalue weighted by Gasteiger charge is -2.08. The molecule has 0 atom stereocenters. The first kappa shape index (κ1) is 13.4. The van der Waals surface area contributed by atoms with E-state index in [4.69, 9.17) is 10.8 Å². The van der Waals surface area contributed by atoms with E-state index in [1.807, 2.05) is 0 Å². The van der Waals surface area contributed by atoms with Gasteiger partial charge < -0.3 is 16.2 Å². The predicted molar refractivity (Wildman–Crippen MR) is 68.1 cm³/mol. The molecule has 5 nitrogen and oxygen atoms in total. The first-order chi connectivity index (χ1) is 7.99. The van der Waals surface area contributed by atoms with Crippen LogP contribution in [0.15, 0.2) is 23.1 Å². The lowest BCUT2D eigenvalue weighted by Crippen LogP contribution is -2.06. The van der Waals surface area contributed by atoms with Gasteiger partial charge in [0.1, 0.15) is 0 Å². The third-order valence-corrected chi connectivity index (χ3v) is 2.98. The number of hydrogen-bond donors (Lipinski definition) is 3. The monoisotopic (exact) mass is 254 g/mol. The molecule has 0 aliphatic heterocycles. The Labute approximate surface area is 103 Å². The minimum Gasteiger partial charge on any atom is -0.481 e. The second-order valence-electron chi connectivity index (χ2n) is 3.43. The molecule has 0 radical (unpaired) electrons. The molecular weight excluding hydrogens is 240 g/mol. The molecule has 1 aromatic rings. The Bertz CT molecular complexity index is 435. The average molecular weight is 254 g/mol. The fourth-order valence-corrected chi connectivity index (χ4v) is 2.13. The topological polar surface area (TPSA) is 92.4 Å². The van der Waals surface area contributed by atoms with Crippen molar-refractivity contribution in [3.8, 4) is 0 Å². The van der Waals surface area contributed by atoms with Crippen molar-refractivity contribution >= 4 is 35.0 Å². The minimum absolute atomic E-state index is 0.0778. The number of carbonyl (C=O) groups is 2. The van der Waals surface area contributed by atoms with Gasteiger partial charge in [-0.3, -0.25) is 9.59 Å². The van der Waals surface area contributed by atoms with Crippen molar-refractivity contribution in [2.75, 3.05) is 16.8 Å². The molecule has 6 heteroatoms. The van der Waals surface area contributed by atoms with Crippen molar-refractivity contribution in [3.63, 3.8) is 0 Å². The summed E-state index contributed by atoms with van der Waals surface area (Å²) in [7, 11) is 0. The number of benzene rings is 1. The maximum Gasteiger partial charge on any atom is 0.304 e. The van der Waals surface area contributed by atoms with Crippen molar-refractivity contribution in [1.82, 2.24) is 0 Å². The van der Waals surface area contributed by atoms with Gasteiger partial charge in [-0.05, 0) is 18.2 Å². The van der Waals surface area contributed by atoms with Crippen LogP contribution < -0.4 is 11.1 Å². The van der Waals surface area contributed by atoms with Crippen LogP contribution >= 0.6 is 11.8 Å². The van der Waals surface area contributed by atoms with E-state index in [0.717, 1.165) is 4.90 Å². The van der Waals surface area contributed by atoms with E-state index in [0.29, 0.717) is 17.1 Å². The van der Waals surface area contributed by atoms with Gasteiger partial charge in [-0.1, -0.05) is 0 Å². The van der Waals surface area contributed by atoms with Crippen LogP contribution in [0.3, 0.4) is 0 Å². The van der Waals surface area contributed by atoms with E-state index in [1.54, 1.807) is 18.2 Å². The first-order valence-electron chi connectivity index (χ1n) is 5.00. The van der Waals surface area contributed by atoms with Gasteiger partial charge in [-0.25, -0.2) is 0 Å². The maximum absolute atomic E-state index is 10.9. The number of carboxylic acid groups (broad SMARTS) is 1. The predicted octanol–water partition coefficient (Wildman–Crippen LogP) is 1.79. The molecule has 1 amide bonds. The van der Waals surface area contributed by atoms with Gasteiger partial charge >= 0.3 is 5.97 Å². The van der Waals surface area contributed by atoms with E-state index in [-0.39, 0.29) is 12.3 Å². The standard InChI is InChI=1S/C11H14N2O3S/c1-7(14)13-8-2-3-9(12)10(6-8)17-5-4-11(15)16/h2-3,6H,4-5,12H2,1H3,(H,13,14)(H,15,16). The van der Waals surface area contributed by atoms with Crippen LogP contribution in [0.5, 0.6) is 0 Å². The maximum atomic E-state index is 10.9. The summed E-state index contributed by atoms with van der Waals surface area (Å²) in [6, 6.07) is 5.13. The molecular formula is C11H14N2O3S. The molecule has 0 unspecified atom stereocenters. The zero-order chi connectivity index (χ0) is 12.8. The van der Waals surface area contributed by atoms with Crippen molar-refractivity contribution in [2.24, 2.45) is 0 Å². The van der Waals surface area contributed by atoms with Crippen LogP contribution in [-0.4, -0.2) is 22.7 Å². The third-order valence-electron chi connectivity index (χ3n) is 1.91. The van der Waals surface area contributed by atoms with Crippen LogP contribution in [0.2, 0.25) is 0 Å². The quantitative estimate of drug-likeness (QED) is 0.550. The first-order valence-corrected chi connectivity index (χ1v) is 5.99. The molecule has 0 aromatic heterocycles. The van der Waals surface area contributed by atoms with Gasteiger partial charge in [-0.15, -0.1) is 11.8 Å². The lowest BCUT2D eigenvalue weighted by molar-refractivity contribution is -0.136. The van der Waals surface area contributed by atoms with Crippen molar-refractivity contribution in [2.45, 2.75) is 18.2 Å². The summed E-state index contributed by atoms with van der Waals surface area (Å²) in [6.07, 6.45) is 0.0778. The van der Waals surface area contributed by atoms with Crippen molar-refractivity contribution in [3.05, 3.63) is 18.2 Å². The summed E-state index contributed by atoms with van der Waals surface area (Å²) >= 11 is 1.36. The molecule has 0 spiro atoms. The zero-order valence-electron chi connectivity index (χ0n) is 9.40. The van der Waals surface area contributed by atoms with Crippen molar-refractivity contribution in [1.29, 1.82) is 0 Å². The Morgan fingerprint density at radius 1 is 1.47 bits per heavy atom. The summed E-state index contributed by atoms with van der Waals surface area (Å²) in [5.74, 6) is -0.548. The van der Waals surface area contributed by atoms with Gasteiger partial charge in [0.2, 0.25) is 5.91 Å². The van der Waals surface area contributed by atoms with E-state index < -0.39 is 5.97 Å². The van der Waals surface area contributed by atoms with Gasteiger partial charge in [0.05, 0.1) is 6.42 Å². The fourth-order valence-electron chi connectivity index (χ4n) is 1.19. The molecule has 0 aliphatic carbocycles. The van der Waals surface area contributed by atoms with E-state index in [1.165, 1.54) is 18.7 Å². The highest BCUT2D eigenvalue weighted by Crippen LogP contribution is 2.28. The van der Waals surface area contributed by atoms with E-state index in [2.05, 4.69) is 5.32 Å². The van der Waals surface area contributed by atoms with Gasteiger partial charge in [0.25, 0.3) is 0 Å². The summed E-state index contributed by atoms with van der Waals surface area (Å²) < 4.78 is 0. The molecule has 92 valence electrons. The summed E-state index contributed by atoms with van der Waals surface area (Å²) in [5, 5.41) is 11.2. The number of hydrogen-bond acceptors (Lipinski definition) is 4. The zero-order valence-corrected chi connectivity index (χ0v) is 10.2. The van der Waals surface area contributed by atoms with Crippen LogP contribution in [0, 0.1) is 0 Å².